The van der Waals surface area contributed by atoms with Gasteiger partial charge >= 0.3 is 0 Å². The van der Waals surface area contributed by atoms with Crippen LogP contribution in [0.25, 0.3) is 0 Å². The molecule has 2 rings (SSSR count). The molecule has 2 atom stereocenters. The number of ether oxygens (including phenoxy) is 1. The molecule has 1 aromatic rings. The van der Waals surface area contributed by atoms with Crippen LogP contribution in [-0.4, -0.2) is 37.2 Å². The third-order valence-corrected chi connectivity index (χ3v) is 4.41. The maximum absolute atomic E-state index is 13.7. The van der Waals surface area contributed by atoms with Crippen molar-refractivity contribution in [3.05, 3.63) is 29.6 Å². The molecule has 0 saturated heterocycles. The molecule has 0 amide bonds. The van der Waals surface area contributed by atoms with Crippen molar-refractivity contribution in [1.82, 2.24) is 5.32 Å². The van der Waals surface area contributed by atoms with Crippen LogP contribution >= 0.6 is 11.8 Å². The van der Waals surface area contributed by atoms with E-state index in [1.54, 1.807) is 24.9 Å². The maximum Gasteiger partial charge on any atom is 0.137 e. The van der Waals surface area contributed by atoms with Gasteiger partial charge in [0.25, 0.3) is 0 Å². The Hall–Kier alpha value is -0.620. The molecule has 19 heavy (non-hydrogen) atoms. The quantitative estimate of drug-likeness (QED) is 0.842. The van der Waals surface area contributed by atoms with Crippen LogP contribution < -0.4 is 5.32 Å². The van der Waals surface area contributed by atoms with Gasteiger partial charge in [0, 0.05) is 18.0 Å². The molecule has 5 heteroatoms. The molecular formula is C14H20FNO2S. The smallest absolute Gasteiger partial charge is 0.137 e. The van der Waals surface area contributed by atoms with Crippen LogP contribution in [0, 0.1) is 5.82 Å². The first-order valence-corrected chi connectivity index (χ1v) is 7.52. The zero-order valence-electron chi connectivity index (χ0n) is 11.1. The third kappa shape index (κ3) is 3.92. The zero-order chi connectivity index (χ0) is 13.7. The summed E-state index contributed by atoms with van der Waals surface area (Å²) in [5.41, 5.74) is 1.04. The van der Waals surface area contributed by atoms with E-state index in [2.05, 4.69) is 5.32 Å². The minimum Gasteiger partial charge on any atom is -0.391 e. The van der Waals surface area contributed by atoms with Crippen molar-refractivity contribution in [3.8, 4) is 0 Å². The molecule has 1 aliphatic rings. The summed E-state index contributed by atoms with van der Waals surface area (Å²) in [7, 11) is 1.58. The highest BCUT2D eigenvalue weighted by molar-refractivity contribution is 7.99. The largest absolute Gasteiger partial charge is 0.391 e. The van der Waals surface area contributed by atoms with Gasteiger partial charge in [-0.05, 0) is 36.8 Å². The molecule has 106 valence electrons. The van der Waals surface area contributed by atoms with E-state index in [4.69, 9.17) is 4.74 Å². The highest BCUT2D eigenvalue weighted by Gasteiger charge is 2.22. The second-order valence-electron chi connectivity index (χ2n) is 4.70. The van der Waals surface area contributed by atoms with E-state index >= 15 is 0 Å². The predicted octanol–water partition coefficient (Wildman–Crippen LogP) is 2.35. The summed E-state index contributed by atoms with van der Waals surface area (Å²) in [6.45, 7) is 1.06. The highest BCUT2D eigenvalue weighted by Crippen LogP contribution is 2.37. The molecule has 3 nitrogen and oxygen atoms in total. The molecule has 1 aliphatic heterocycles. The zero-order valence-corrected chi connectivity index (χ0v) is 11.9. The highest BCUT2D eigenvalue weighted by atomic mass is 32.2. The molecule has 0 bridgehead atoms. The van der Waals surface area contributed by atoms with E-state index < -0.39 is 6.10 Å². The van der Waals surface area contributed by atoms with Crippen molar-refractivity contribution in [2.75, 3.05) is 26.0 Å². The van der Waals surface area contributed by atoms with Gasteiger partial charge in [0.05, 0.1) is 12.7 Å². The average Bonchev–Trinajstić information content (AvgIpc) is 2.40. The Morgan fingerprint density at radius 3 is 3.21 bits per heavy atom. The third-order valence-electron chi connectivity index (χ3n) is 3.25. The number of thioether (sulfide) groups is 1. The Labute approximate surface area is 117 Å². The molecule has 0 fully saturated rings. The van der Waals surface area contributed by atoms with Crippen molar-refractivity contribution in [1.29, 1.82) is 0 Å². The van der Waals surface area contributed by atoms with Crippen molar-refractivity contribution in [2.45, 2.75) is 29.9 Å². The summed E-state index contributed by atoms with van der Waals surface area (Å²) in [6.07, 6.45) is 1.19. The average molecular weight is 285 g/mol. The predicted molar refractivity (Wildman–Crippen MR) is 75.0 cm³/mol. The number of aliphatic hydroxyl groups is 1. The number of benzene rings is 1. The monoisotopic (exact) mass is 285 g/mol. The lowest BCUT2D eigenvalue weighted by Crippen LogP contribution is -2.29. The van der Waals surface area contributed by atoms with Gasteiger partial charge in [-0.2, -0.15) is 0 Å². The van der Waals surface area contributed by atoms with Crippen molar-refractivity contribution < 1.29 is 14.2 Å². The van der Waals surface area contributed by atoms with E-state index in [0.717, 1.165) is 22.6 Å². The number of hydrogen-bond donors (Lipinski definition) is 2. The summed E-state index contributed by atoms with van der Waals surface area (Å²) in [4.78, 5) is 0.767. The van der Waals surface area contributed by atoms with E-state index in [1.165, 1.54) is 6.07 Å². The Morgan fingerprint density at radius 1 is 1.58 bits per heavy atom. The molecule has 0 radical (unpaired) electrons. The van der Waals surface area contributed by atoms with Gasteiger partial charge in [0.2, 0.25) is 0 Å². The number of hydrogen-bond acceptors (Lipinski definition) is 4. The molecule has 0 saturated carbocycles. The lowest BCUT2D eigenvalue weighted by atomic mass is 10.0. The summed E-state index contributed by atoms with van der Waals surface area (Å²) < 4.78 is 18.6. The molecular weight excluding hydrogens is 265 g/mol. The Balaban J connectivity index is 1.91. The Bertz CT molecular complexity index is 416. The van der Waals surface area contributed by atoms with Gasteiger partial charge in [0.15, 0.2) is 0 Å². The molecule has 2 N–H and O–H groups in total. The minimum absolute atomic E-state index is 0.131. The summed E-state index contributed by atoms with van der Waals surface area (Å²) >= 11 is 1.58. The molecule has 1 heterocycles. The second-order valence-corrected chi connectivity index (χ2v) is 5.81. The van der Waals surface area contributed by atoms with Gasteiger partial charge in [0.1, 0.15) is 5.82 Å². The summed E-state index contributed by atoms with van der Waals surface area (Å²) in [5.74, 6) is 0.792. The molecule has 0 aromatic heterocycles. The number of nitrogens with one attached hydrogen (secondary N) is 1. The van der Waals surface area contributed by atoms with Crippen LogP contribution in [0.3, 0.4) is 0 Å². The topological polar surface area (TPSA) is 41.5 Å². The first kappa shape index (κ1) is 14.8. The number of rotatable bonds is 6. The summed E-state index contributed by atoms with van der Waals surface area (Å²) in [5, 5.41) is 13.0. The molecule has 0 aliphatic carbocycles. The first-order valence-electron chi connectivity index (χ1n) is 6.54. The molecule has 0 spiro atoms. The van der Waals surface area contributed by atoms with Gasteiger partial charge in [-0.3, -0.25) is 0 Å². The fraction of sp³-hybridized carbons (Fsp3) is 0.571. The van der Waals surface area contributed by atoms with E-state index in [0.29, 0.717) is 19.6 Å². The lowest BCUT2D eigenvalue weighted by Gasteiger charge is -2.26. The molecule has 2 unspecified atom stereocenters. The van der Waals surface area contributed by atoms with Crippen LogP contribution in [-0.2, 0) is 4.74 Å². The van der Waals surface area contributed by atoms with E-state index in [-0.39, 0.29) is 11.9 Å². The van der Waals surface area contributed by atoms with Gasteiger partial charge < -0.3 is 15.2 Å². The fourth-order valence-electron chi connectivity index (χ4n) is 2.30. The van der Waals surface area contributed by atoms with Crippen LogP contribution in [0.4, 0.5) is 4.39 Å². The molecule has 1 aromatic carbocycles. The minimum atomic E-state index is -0.442. The standard InChI is InChI=1S/C14H20FNO2S/c1-18-9-10(17)5-7-16-13-6-8-19-14-11(13)3-2-4-12(14)15/h2-4,10,13,16-17H,5-9H2,1H3. The maximum atomic E-state index is 13.7. The van der Waals surface area contributed by atoms with E-state index in [1.807, 2.05) is 6.07 Å². The number of fused-ring (bicyclic) bond motifs is 1. The Kier molecular flexibility index (Phi) is 5.63. The first-order chi connectivity index (χ1) is 9.22. The van der Waals surface area contributed by atoms with Crippen LogP contribution in [0.1, 0.15) is 24.4 Å². The van der Waals surface area contributed by atoms with Crippen molar-refractivity contribution in [2.24, 2.45) is 0 Å². The second kappa shape index (κ2) is 7.24. The van der Waals surface area contributed by atoms with Gasteiger partial charge in [-0.25, -0.2) is 4.39 Å². The van der Waals surface area contributed by atoms with Gasteiger partial charge in [-0.15, -0.1) is 11.8 Å². The van der Waals surface area contributed by atoms with E-state index in [9.17, 15) is 9.50 Å². The number of halogens is 1. The lowest BCUT2D eigenvalue weighted by molar-refractivity contribution is 0.0589. The Morgan fingerprint density at radius 2 is 2.42 bits per heavy atom. The van der Waals surface area contributed by atoms with Crippen LogP contribution in [0.15, 0.2) is 23.1 Å². The van der Waals surface area contributed by atoms with Crippen LogP contribution in [0.5, 0.6) is 0 Å². The fourth-order valence-corrected chi connectivity index (χ4v) is 3.44. The number of aliphatic hydroxyl groups excluding tert-OH is 1. The summed E-state index contributed by atoms with van der Waals surface area (Å²) in [6, 6.07) is 5.43. The number of methoxy groups -OCH3 is 1. The normalized spacial score (nSPS) is 20.1. The van der Waals surface area contributed by atoms with Crippen molar-refractivity contribution >= 4 is 11.8 Å². The SMILES string of the molecule is COCC(O)CCNC1CCSc2c(F)cccc21. The van der Waals surface area contributed by atoms with Gasteiger partial charge in [-0.1, -0.05) is 12.1 Å². The van der Waals surface area contributed by atoms with Crippen molar-refractivity contribution in [3.63, 3.8) is 0 Å². The van der Waals surface area contributed by atoms with Crippen LogP contribution in [0.2, 0.25) is 0 Å².